The molecular weight excluding hydrogens is 341 g/mol. The van der Waals surface area contributed by atoms with Crippen molar-refractivity contribution < 1.29 is 14.3 Å². The first-order valence-electron chi connectivity index (χ1n) is 8.19. The molecule has 0 bridgehead atoms. The zero-order chi connectivity index (χ0) is 18.6. The van der Waals surface area contributed by atoms with Crippen LogP contribution in [0, 0.1) is 5.82 Å². The van der Waals surface area contributed by atoms with E-state index in [1.165, 1.54) is 18.2 Å². The molecule has 0 unspecified atom stereocenters. The average Bonchev–Trinajstić information content (AvgIpc) is 2.54. The monoisotopic (exact) mass is 363 g/mol. The Kier molecular flexibility index (Phi) is 6.20. The molecule has 0 aliphatic rings. The lowest BCUT2D eigenvalue weighted by molar-refractivity contribution is -0.123. The molecule has 0 aromatic heterocycles. The molecular formula is C20H23ClFNO2. The summed E-state index contributed by atoms with van der Waals surface area (Å²) in [6.45, 7) is 5.59. The van der Waals surface area contributed by atoms with E-state index >= 15 is 0 Å². The molecule has 2 atom stereocenters. The third-order valence-corrected chi connectivity index (χ3v) is 4.65. The second kappa shape index (κ2) is 7.98. The lowest BCUT2D eigenvalue weighted by Gasteiger charge is -2.27. The fraction of sp³-hybridized carbons (Fsp3) is 0.350. The number of carbonyl (C=O) groups excluding carboxylic acids is 1. The van der Waals surface area contributed by atoms with Gasteiger partial charge < -0.3 is 10.4 Å². The molecule has 2 N–H and O–H groups in total. The van der Waals surface area contributed by atoms with E-state index in [0.29, 0.717) is 0 Å². The highest BCUT2D eigenvalue weighted by Gasteiger charge is 2.28. The molecule has 3 nitrogen and oxygen atoms in total. The van der Waals surface area contributed by atoms with Crippen LogP contribution in [0.15, 0.2) is 48.5 Å². The van der Waals surface area contributed by atoms with Crippen LogP contribution in [-0.2, 0) is 10.2 Å². The van der Waals surface area contributed by atoms with Crippen molar-refractivity contribution in [1.82, 2.24) is 5.32 Å². The fourth-order valence-corrected chi connectivity index (χ4v) is 3.09. The first-order chi connectivity index (χ1) is 11.7. The molecule has 0 aliphatic heterocycles. The highest BCUT2D eigenvalue weighted by molar-refractivity contribution is 6.31. The number of hydrogen-bond donors (Lipinski definition) is 2. The summed E-state index contributed by atoms with van der Waals surface area (Å²) in [5.74, 6) is -0.807. The van der Waals surface area contributed by atoms with E-state index in [4.69, 9.17) is 11.6 Å². The van der Waals surface area contributed by atoms with E-state index in [9.17, 15) is 14.3 Å². The van der Waals surface area contributed by atoms with Crippen LogP contribution in [0.4, 0.5) is 4.39 Å². The number of aliphatic hydroxyl groups excluding tert-OH is 1. The zero-order valence-corrected chi connectivity index (χ0v) is 15.3. The van der Waals surface area contributed by atoms with E-state index in [1.54, 1.807) is 6.92 Å². The maximum atomic E-state index is 13.9. The molecule has 25 heavy (non-hydrogen) atoms. The molecule has 2 rings (SSSR count). The summed E-state index contributed by atoms with van der Waals surface area (Å²) in [5.41, 5.74) is 0.695. The third-order valence-electron chi connectivity index (χ3n) is 4.32. The van der Waals surface area contributed by atoms with Gasteiger partial charge in [0.15, 0.2) is 0 Å². The average molecular weight is 364 g/mol. The number of carbonyl (C=O) groups is 1. The van der Waals surface area contributed by atoms with Gasteiger partial charge in [-0.3, -0.25) is 4.79 Å². The second-order valence-electron chi connectivity index (χ2n) is 6.86. The van der Waals surface area contributed by atoms with E-state index in [-0.39, 0.29) is 28.3 Å². The van der Waals surface area contributed by atoms with Crippen molar-refractivity contribution in [1.29, 1.82) is 0 Å². The molecule has 0 heterocycles. The molecule has 1 amide bonds. The molecule has 0 spiro atoms. The summed E-state index contributed by atoms with van der Waals surface area (Å²) in [6.07, 6.45) is -0.975. The van der Waals surface area contributed by atoms with Crippen LogP contribution in [-0.4, -0.2) is 17.1 Å². The van der Waals surface area contributed by atoms with Crippen molar-refractivity contribution in [3.63, 3.8) is 0 Å². The van der Waals surface area contributed by atoms with Crippen LogP contribution in [0.2, 0.25) is 5.02 Å². The first-order valence-corrected chi connectivity index (χ1v) is 8.57. The van der Waals surface area contributed by atoms with Crippen molar-refractivity contribution in [2.75, 3.05) is 0 Å². The SMILES string of the molecule is C[C@H](NC(=O)CC(C)(C)c1ccccc1)[C@@H](O)c1c(F)cccc1Cl. The smallest absolute Gasteiger partial charge is 0.221 e. The molecule has 2 aromatic carbocycles. The van der Waals surface area contributed by atoms with Crippen LogP contribution in [0.5, 0.6) is 0 Å². The zero-order valence-electron chi connectivity index (χ0n) is 14.6. The van der Waals surface area contributed by atoms with Crippen molar-refractivity contribution in [2.45, 2.75) is 44.8 Å². The Labute approximate surface area is 152 Å². The van der Waals surface area contributed by atoms with Gasteiger partial charge in [0.25, 0.3) is 0 Å². The van der Waals surface area contributed by atoms with Gasteiger partial charge in [-0.2, -0.15) is 0 Å². The van der Waals surface area contributed by atoms with Gasteiger partial charge in [0.05, 0.1) is 6.04 Å². The molecule has 5 heteroatoms. The van der Waals surface area contributed by atoms with Gasteiger partial charge in [0.1, 0.15) is 11.9 Å². The standard InChI is InChI=1S/C20H23ClFNO2/c1-13(19(25)18-15(21)10-7-11-16(18)22)23-17(24)12-20(2,3)14-8-5-4-6-9-14/h4-11,13,19,25H,12H2,1-3H3,(H,23,24)/t13-,19+/m0/s1. The molecule has 0 aliphatic carbocycles. The number of benzene rings is 2. The minimum atomic E-state index is -1.22. The largest absolute Gasteiger partial charge is 0.386 e. The van der Waals surface area contributed by atoms with Gasteiger partial charge in [-0.25, -0.2) is 4.39 Å². The van der Waals surface area contributed by atoms with Gasteiger partial charge in [-0.15, -0.1) is 0 Å². The molecule has 0 saturated heterocycles. The summed E-state index contributed by atoms with van der Waals surface area (Å²) in [5, 5.41) is 13.3. The van der Waals surface area contributed by atoms with Crippen molar-refractivity contribution in [2.24, 2.45) is 0 Å². The minimum absolute atomic E-state index is 0.000661. The van der Waals surface area contributed by atoms with Gasteiger partial charge in [-0.05, 0) is 30.0 Å². The number of halogens is 2. The Hall–Kier alpha value is -1.91. The first kappa shape index (κ1) is 19.4. The summed E-state index contributed by atoms with van der Waals surface area (Å²) in [4.78, 5) is 12.4. The second-order valence-corrected chi connectivity index (χ2v) is 7.27. The summed E-state index contributed by atoms with van der Waals surface area (Å²) in [6, 6.07) is 13.3. The predicted molar refractivity (Wildman–Crippen MR) is 98.1 cm³/mol. The Balaban J connectivity index is 2.05. The van der Waals surface area contributed by atoms with E-state index in [2.05, 4.69) is 5.32 Å². The Morgan fingerprint density at radius 3 is 2.44 bits per heavy atom. The highest BCUT2D eigenvalue weighted by Crippen LogP contribution is 2.29. The number of aliphatic hydroxyl groups is 1. The van der Waals surface area contributed by atoms with Gasteiger partial charge in [0, 0.05) is 17.0 Å². The summed E-state index contributed by atoms with van der Waals surface area (Å²) in [7, 11) is 0. The van der Waals surface area contributed by atoms with Crippen LogP contribution in [0.3, 0.4) is 0 Å². The van der Waals surface area contributed by atoms with Crippen molar-refractivity contribution in [3.8, 4) is 0 Å². The van der Waals surface area contributed by atoms with Gasteiger partial charge in [0.2, 0.25) is 5.91 Å². The number of rotatable bonds is 6. The van der Waals surface area contributed by atoms with E-state index in [0.717, 1.165) is 5.56 Å². The van der Waals surface area contributed by atoms with Gasteiger partial charge in [-0.1, -0.05) is 61.8 Å². The third kappa shape index (κ3) is 4.80. The molecule has 0 saturated carbocycles. The van der Waals surface area contributed by atoms with Crippen LogP contribution in [0.25, 0.3) is 0 Å². The van der Waals surface area contributed by atoms with Crippen LogP contribution >= 0.6 is 11.6 Å². The highest BCUT2D eigenvalue weighted by atomic mass is 35.5. The Bertz CT molecular complexity index is 713. The summed E-state index contributed by atoms with van der Waals surface area (Å²) >= 11 is 5.98. The molecule has 134 valence electrons. The van der Waals surface area contributed by atoms with E-state index in [1.807, 2.05) is 44.2 Å². The number of nitrogens with one attached hydrogen (secondary N) is 1. The molecule has 0 radical (unpaired) electrons. The quantitative estimate of drug-likeness (QED) is 0.799. The Morgan fingerprint density at radius 2 is 1.84 bits per heavy atom. The van der Waals surface area contributed by atoms with Gasteiger partial charge >= 0.3 is 0 Å². The topological polar surface area (TPSA) is 49.3 Å². The van der Waals surface area contributed by atoms with Crippen molar-refractivity contribution >= 4 is 17.5 Å². The molecule has 0 fully saturated rings. The maximum Gasteiger partial charge on any atom is 0.221 e. The number of hydrogen-bond acceptors (Lipinski definition) is 2. The normalized spacial score (nSPS) is 14.0. The molecule has 2 aromatic rings. The fourth-order valence-electron chi connectivity index (χ4n) is 2.82. The van der Waals surface area contributed by atoms with Crippen LogP contribution < -0.4 is 5.32 Å². The Morgan fingerprint density at radius 1 is 1.20 bits per heavy atom. The van der Waals surface area contributed by atoms with Crippen LogP contribution in [0.1, 0.15) is 44.4 Å². The number of amides is 1. The van der Waals surface area contributed by atoms with E-state index < -0.39 is 18.0 Å². The minimum Gasteiger partial charge on any atom is -0.386 e. The van der Waals surface area contributed by atoms with Crippen molar-refractivity contribution in [3.05, 3.63) is 70.5 Å². The lowest BCUT2D eigenvalue weighted by atomic mass is 9.81. The maximum absolute atomic E-state index is 13.9. The summed E-state index contributed by atoms with van der Waals surface area (Å²) < 4.78 is 13.9. The lowest BCUT2D eigenvalue weighted by Crippen LogP contribution is -2.40. The predicted octanol–water partition coefficient (Wildman–Crippen LogP) is 4.39.